The minimum atomic E-state index is -1.38. The second-order valence-corrected chi connectivity index (χ2v) is 5.27. The molecule has 7 heteroatoms. The van der Waals surface area contributed by atoms with Crippen LogP contribution in [0, 0.1) is 5.82 Å². The topological polar surface area (TPSA) is 82.2 Å². The molecule has 3 N–H and O–H groups in total. The van der Waals surface area contributed by atoms with Crippen molar-refractivity contribution >= 4 is 40.0 Å². The van der Waals surface area contributed by atoms with E-state index in [2.05, 4.69) is 10.3 Å². The molecule has 0 saturated heterocycles. The number of halogens is 2. The largest absolute Gasteiger partial charge is 0.477 e. The first kappa shape index (κ1) is 15.1. The van der Waals surface area contributed by atoms with Crippen molar-refractivity contribution in [2.75, 3.05) is 5.32 Å². The van der Waals surface area contributed by atoms with Crippen LogP contribution in [0.25, 0.3) is 10.9 Å². The number of aromatic amines is 1. The van der Waals surface area contributed by atoms with Crippen molar-refractivity contribution in [1.29, 1.82) is 0 Å². The van der Waals surface area contributed by atoms with Crippen molar-refractivity contribution in [2.24, 2.45) is 0 Å². The zero-order valence-corrected chi connectivity index (χ0v) is 12.3. The fourth-order valence-electron chi connectivity index (χ4n) is 2.23. The lowest BCUT2D eigenvalue weighted by Gasteiger charge is -2.11. The number of H-pyrrole nitrogens is 1. The van der Waals surface area contributed by atoms with Gasteiger partial charge in [-0.15, -0.1) is 0 Å². The van der Waals surface area contributed by atoms with Gasteiger partial charge in [0.1, 0.15) is 17.2 Å². The molecular formula is C16H10ClFN2O3. The van der Waals surface area contributed by atoms with Gasteiger partial charge in [-0.3, -0.25) is 4.79 Å². The minimum absolute atomic E-state index is 0.0175. The molecule has 2 aromatic carbocycles. The summed E-state index contributed by atoms with van der Waals surface area (Å²) in [5.74, 6) is -1.78. The van der Waals surface area contributed by atoms with Crippen LogP contribution in [0.1, 0.15) is 10.4 Å². The molecule has 0 radical (unpaired) electrons. The maximum atomic E-state index is 13.0. The summed E-state index contributed by atoms with van der Waals surface area (Å²) in [6, 6.07) is 9.90. The summed E-state index contributed by atoms with van der Waals surface area (Å²) in [6.07, 6.45) is 0. The Morgan fingerprint density at radius 1 is 1.17 bits per heavy atom. The predicted octanol–water partition coefficient (Wildman–Crippen LogP) is 3.76. The number of aromatic nitrogens is 1. The highest BCUT2D eigenvalue weighted by molar-refractivity contribution is 6.31. The first-order chi connectivity index (χ1) is 11.0. The van der Waals surface area contributed by atoms with Crippen molar-refractivity contribution < 1.29 is 14.3 Å². The van der Waals surface area contributed by atoms with Gasteiger partial charge in [-0.2, -0.15) is 0 Å². The Labute approximate surface area is 134 Å². The van der Waals surface area contributed by atoms with Gasteiger partial charge in [0.25, 0.3) is 0 Å². The fraction of sp³-hybridized carbons (Fsp3) is 0. The van der Waals surface area contributed by atoms with E-state index in [-0.39, 0.29) is 11.2 Å². The van der Waals surface area contributed by atoms with Gasteiger partial charge in [0.2, 0.25) is 5.43 Å². The quantitative estimate of drug-likeness (QED) is 0.682. The van der Waals surface area contributed by atoms with E-state index in [1.165, 1.54) is 30.3 Å². The molecule has 0 unspecified atom stereocenters. The molecule has 0 spiro atoms. The van der Waals surface area contributed by atoms with Crippen LogP contribution in [-0.4, -0.2) is 16.1 Å². The number of fused-ring (bicyclic) bond motifs is 1. The van der Waals surface area contributed by atoms with Gasteiger partial charge in [0.15, 0.2) is 0 Å². The van der Waals surface area contributed by atoms with Crippen LogP contribution in [0.4, 0.5) is 15.9 Å². The smallest absolute Gasteiger partial charge is 0.343 e. The maximum absolute atomic E-state index is 13.0. The van der Waals surface area contributed by atoms with E-state index < -0.39 is 22.8 Å². The molecule has 0 fully saturated rings. The Morgan fingerprint density at radius 3 is 2.52 bits per heavy atom. The average Bonchev–Trinajstić information content (AvgIpc) is 2.50. The van der Waals surface area contributed by atoms with E-state index in [0.717, 1.165) is 0 Å². The van der Waals surface area contributed by atoms with Gasteiger partial charge < -0.3 is 15.4 Å². The Kier molecular flexibility index (Phi) is 3.75. The number of rotatable bonds is 3. The minimum Gasteiger partial charge on any atom is -0.477 e. The number of carboxylic acids is 1. The standard InChI is InChI=1S/C16H10ClFN2O3/c17-8-1-6-12-11(7-8)14(21)13(16(22)23)15(20-12)19-10-4-2-9(18)3-5-10/h1-7H,(H,22,23)(H2,19,20,21). The number of pyridine rings is 1. The molecule has 3 rings (SSSR count). The molecule has 116 valence electrons. The predicted molar refractivity (Wildman–Crippen MR) is 86.2 cm³/mol. The summed E-state index contributed by atoms with van der Waals surface area (Å²) in [5.41, 5.74) is -0.214. The molecule has 1 heterocycles. The van der Waals surface area contributed by atoms with E-state index in [4.69, 9.17) is 11.6 Å². The van der Waals surface area contributed by atoms with Crippen LogP contribution in [0.2, 0.25) is 5.02 Å². The highest BCUT2D eigenvalue weighted by Crippen LogP contribution is 2.22. The van der Waals surface area contributed by atoms with Gasteiger partial charge in [0, 0.05) is 16.1 Å². The molecule has 0 atom stereocenters. The number of carboxylic acid groups (broad SMARTS) is 1. The third-order valence-corrected chi connectivity index (χ3v) is 3.53. The normalized spacial score (nSPS) is 10.7. The summed E-state index contributed by atoms with van der Waals surface area (Å²) in [4.78, 5) is 26.8. The monoisotopic (exact) mass is 332 g/mol. The first-order valence-corrected chi connectivity index (χ1v) is 6.95. The molecule has 23 heavy (non-hydrogen) atoms. The van der Waals surface area contributed by atoms with Crippen LogP contribution in [0.15, 0.2) is 47.3 Å². The highest BCUT2D eigenvalue weighted by atomic mass is 35.5. The lowest BCUT2D eigenvalue weighted by molar-refractivity contribution is 0.0696. The van der Waals surface area contributed by atoms with Crippen molar-refractivity contribution in [3.05, 3.63) is 69.1 Å². The van der Waals surface area contributed by atoms with Gasteiger partial charge in [-0.05, 0) is 42.5 Å². The van der Waals surface area contributed by atoms with Crippen molar-refractivity contribution in [2.45, 2.75) is 0 Å². The fourth-order valence-corrected chi connectivity index (χ4v) is 2.41. The second-order valence-electron chi connectivity index (χ2n) is 4.83. The number of anilines is 2. The molecule has 0 amide bonds. The van der Waals surface area contributed by atoms with Crippen LogP contribution in [-0.2, 0) is 0 Å². The Morgan fingerprint density at radius 2 is 1.87 bits per heavy atom. The van der Waals surface area contributed by atoms with E-state index in [9.17, 15) is 19.1 Å². The molecule has 0 aliphatic carbocycles. The molecule has 0 aliphatic heterocycles. The average molecular weight is 333 g/mol. The number of hydrogen-bond donors (Lipinski definition) is 3. The summed E-state index contributed by atoms with van der Waals surface area (Å²) < 4.78 is 13.0. The Hall–Kier alpha value is -2.86. The molecule has 0 bridgehead atoms. The Balaban J connectivity index is 2.20. The first-order valence-electron chi connectivity index (χ1n) is 6.57. The van der Waals surface area contributed by atoms with E-state index in [1.54, 1.807) is 12.1 Å². The molecule has 0 aliphatic rings. The number of carbonyl (C=O) groups is 1. The SMILES string of the molecule is O=C(O)c1c(Nc2ccc(F)cc2)[nH]c2ccc(Cl)cc2c1=O. The van der Waals surface area contributed by atoms with Gasteiger partial charge in [-0.25, -0.2) is 9.18 Å². The zero-order valence-electron chi connectivity index (χ0n) is 11.6. The molecule has 1 aromatic heterocycles. The van der Waals surface area contributed by atoms with E-state index >= 15 is 0 Å². The third kappa shape index (κ3) is 2.89. The van der Waals surface area contributed by atoms with Crippen molar-refractivity contribution in [1.82, 2.24) is 4.98 Å². The van der Waals surface area contributed by atoms with Gasteiger partial charge in [0.05, 0.1) is 5.52 Å². The lowest BCUT2D eigenvalue weighted by Crippen LogP contribution is -2.19. The van der Waals surface area contributed by atoms with Crippen molar-refractivity contribution in [3.63, 3.8) is 0 Å². The summed E-state index contributed by atoms with van der Waals surface area (Å²) in [7, 11) is 0. The number of hydrogen-bond acceptors (Lipinski definition) is 3. The highest BCUT2D eigenvalue weighted by Gasteiger charge is 2.18. The third-order valence-electron chi connectivity index (χ3n) is 3.29. The summed E-state index contributed by atoms with van der Waals surface area (Å²) >= 11 is 5.86. The van der Waals surface area contributed by atoms with Crippen LogP contribution >= 0.6 is 11.6 Å². The number of nitrogens with one attached hydrogen (secondary N) is 2. The Bertz CT molecular complexity index is 967. The molecule has 0 saturated carbocycles. The van der Waals surface area contributed by atoms with Gasteiger partial charge >= 0.3 is 5.97 Å². The molecular weight excluding hydrogens is 323 g/mol. The molecule has 5 nitrogen and oxygen atoms in total. The van der Waals surface area contributed by atoms with Crippen LogP contribution in [0.5, 0.6) is 0 Å². The van der Waals surface area contributed by atoms with Crippen LogP contribution < -0.4 is 10.7 Å². The number of benzene rings is 2. The number of aromatic carboxylic acids is 1. The summed E-state index contributed by atoms with van der Waals surface area (Å²) in [5, 5.41) is 12.6. The van der Waals surface area contributed by atoms with Crippen LogP contribution in [0.3, 0.4) is 0 Å². The zero-order chi connectivity index (χ0) is 16.6. The summed E-state index contributed by atoms with van der Waals surface area (Å²) in [6.45, 7) is 0. The second kappa shape index (κ2) is 5.73. The lowest BCUT2D eigenvalue weighted by atomic mass is 10.1. The van der Waals surface area contributed by atoms with E-state index in [0.29, 0.717) is 16.2 Å². The maximum Gasteiger partial charge on any atom is 0.343 e. The molecule has 3 aromatic rings. The van der Waals surface area contributed by atoms with E-state index in [1.807, 2.05) is 0 Å². The van der Waals surface area contributed by atoms with Crippen molar-refractivity contribution in [3.8, 4) is 0 Å². The van der Waals surface area contributed by atoms with Gasteiger partial charge in [-0.1, -0.05) is 11.6 Å².